The average Bonchev–Trinajstić information content (AvgIpc) is 3.41. The Morgan fingerprint density at radius 2 is 1.97 bits per heavy atom. The van der Waals surface area contributed by atoms with Crippen LogP contribution in [0.2, 0.25) is 0 Å². The SMILES string of the molecule is CCCn1nc(C)c(-c2cc(C(=O)N3CC[C@](O)(c4ccc(C)cc4)C3)[nH]n2)c1C. The Bertz CT molecular complexity index is 1070. The molecule has 1 fully saturated rings. The van der Waals surface area contributed by atoms with Crippen molar-refractivity contribution in [2.75, 3.05) is 13.1 Å². The van der Waals surface area contributed by atoms with Crippen molar-refractivity contribution in [2.24, 2.45) is 0 Å². The maximum atomic E-state index is 13.1. The van der Waals surface area contributed by atoms with Gasteiger partial charge in [0.2, 0.25) is 0 Å². The molecule has 2 aromatic heterocycles. The lowest BCUT2D eigenvalue weighted by molar-refractivity contribution is 0.0415. The fourth-order valence-corrected chi connectivity index (χ4v) is 4.29. The van der Waals surface area contributed by atoms with Gasteiger partial charge in [0, 0.05) is 24.3 Å². The number of β-amino-alcohol motifs (C(OH)–C–C–N with tert-alkyl or cyclic N) is 1. The molecule has 7 nitrogen and oxygen atoms in total. The van der Waals surface area contributed by atoms with Crippen molar-refractivity contribution < 1.29 is 9.90 Å². The summed E-state index contributed by atoms with van der Waals surface area (Å²) in [4.78, 5) is 14.8. The van der Waals surface area contributed by atoms with Gasteiger partial charge in [-0.25, -0.2) is 0 Å². The number of aromatic nitrogens is 4. The lowest BCUT2D eigenvalue weighted by atomic mass is 9.92. The van der Waals surface area contributed by atoms with Crippen LogP contribution in [0.3, 0.4) is 0 Å². The van der Waals surface area contributed by atoms with Crippen molar-refractivity contribution >= 4 is 5.91 Å². The summed E-state index contributed by atoms with van der Waals surface area (Å²) in [5.74, 6) is -0.145. The van der Waals surface area contributed by atoms with E-state index in [4.69, 9.17) is 0 Å². The lowest BCUT2D eigenvalue weighted by Crippen LogP contribution is -2.34. The molecule has 0 saturated carbocycles. The Balaban J connectivity index is 1.53. The van der Waals surface area contributed by atoms with E-state index in [1.807, 2.05) is 49.7 Å². The van der Waals surface area contributed by atoms with Gasteiger partial charge in [-0.2, -0.15) is 10.2 Å². The van der Waals surface area contributed by atoms with Crippen LogP contribution in [0.5, 0.6) is 0 Å². The molecule has 4 rings (SSSR count). The van der Waals surface area contributed by atoms with E-state index in [0.29, 0.717) is 18.7 Å². The Kier molecular flexibility index (Phi) is 5.24. The van der Waals surface area contributed by atoms with Gasteiger partial charge < -0.3 is 10.0 Å². The number of carbonyl (C=O) groups is 1. The van der Waals surface area contributed by atoms with Gasteiger partial charge in [-0.05, 0) is 45.2 Å². The van der Waals surface area contributed by atoms with Crippen LogP contribution in [0.15, 0.2) is 30.3 Å². The minimum atomic E-state index is -1.01. The molecule has 7 heteroatoms. The average molecular weight is 408 g/mol. The Morgan fingerprint density at radius 1 is 1.23 bits per heavy atom. The van der Waals surface area contributed by atoms with Crippen LogP contribution in [0.4, 0.5) is 0 Å². The van der Waals surface area contributed by atoms with E-state index >= 15 is 0 Å². The molecule has 1 aromatic carbocycles. The number of carbonyl (C=O) groups excluding carboxylic acids is 1. The van der Waals surface area contributed by atoms with Crippen molar-refractivity contribution in [3.8, 4) is 11.3 Å². The Labute approximate surface area is 176 Å². The lowest BCUT2D eigenvalue weighted by Gasteiger charge is -2.24. The first kappa shape index (κ1) is 20.3. The second-order valence-corrected chi connectivity index (χ2v) is 8.31. The van der Waals surface area contributed by atoms with Gasteiger partial charge >= 0.3 is 0 Å². The topological polar surface area (TPSA) is 87.0 Å². The normalized spacial score (nSPS) is 18.9. The summed E-state index contributed by atoms with van der Waals surface area (Å²) in [5.41, 5.74) is 5.06. The van der Waals surface area contributed by atoms with Gasteiger partial charge in [0.15, 0.2) is 0 Å². The zero-order valence-corrected chi connectivity index (χ0v) is 18.1. The maximum absolute atomic E-state index is 13.1. The fraction of sp³-hybridized carbons (Fsp3) is 0.435. The highest BCUT2D eigenvalue weighted by Crippen LogP contribution is 2.33. The highest BCUT2D eigenvalue weighted by atomic mass is 16.3. The molecule has 0 spiro atoms. The molecular weight excluding hydrogens is 378 g/mol. The first-order valence-electron chi connectivity index (χ1n) is 10.5. The van der Waals surface area contributed by atoms with Crippen molar-refractivity contribution in [3.05, 3.63) is 58.5 Å². The molecule has 1 aliphatic heterocycles. The fourth-order valence-electron chi connectivity index (χ4n) is 4.29. The highest BCUT2D eigenvalue weighted by Gasteiger charge is 2.40. The minimum Gasteiger partial charge on any atom is -0.383 e. The number of hydrogen-bond donors (Lipinski definition) is 2. The molecule has 0 radical (unpaired) electrons. The first-order chi connectivity index (χ1) is 14.3. The smallest absolute Gasteiger partial charge is 0.271 e. The summed E-state index contributed by atoms with van der Waals surface area (Å²) >= 11 is 0. The number of amides is 1. The molecule has 2 N–H and O–H groups in total. The number of nitrogens with one attached hydrogen (secondary N) is 1. The van der Waals surface area contributed by atoms with Gasteiger partial charge in [0.25, 0.3) is 5.91 Å². The maximum Gasteiger partial charge on any atom is 0.271 e. The largest absolute Gasteiger partial charge is 0.383 e. The van der Waals surface area contributed by atoms with Gasteiger partial charge in [0.1, 0.15) is 11.3 Å². The van der Waals surface area contributed by atoms with Crippen LogP contribution in [0, 0.1) is 20.8 Å². The molecule has 1 saturated heterocycles. The predicted molar refractivity (Wildman–Crippen MR) is 115 cm³/mol. The molecule has 1 amide bonds. The van der Waals surface area contributed by atoms with Crippen molar-refractivity contribution in [1.29, 1.82) is 0 Å². The van der Waals surface area contributed by atoms with E-state index in [1.165, 1.54) is 0 Å². The number of aryl methyl sites for hydroxylation is 3. The Morgan fingerprint density at radius 3 is 2.67 bits per heavy atom. The molecule has 1 aliphatic rings. The summed E-state index contributed by atoms with van der Waals surface area (Å²) in [6, 6.07) is 9.65. The van der Waals surface area contributed by atoms with E-state index in [2.05, 4.69) is 22.2 Å². The third-order valence-electron chi connectivity index (χ3n) is 6.01. The van der Waals surface area contributed by atoms with Gasteiger partial charge in [-0.3, -0.25) is 14.6 Å². The second-order valence-electron chi connectivity index (χ2n) is 8.31. The van der Waals surface area contributed by atoms with Crippen molar-refractivity contribution in [2.45, 2.75) is 52.7 Å². The second kappa shape index (κ2) is 7.72. The van der Waals surface area contributed by atoms with Crippen LogP contribution < -0.4 is 0 Å². The van der Waals surface area contributed by atoms with Crippen LogP contribution in [0.25, 0.3) is 11.3 Å². The van der Waals surface area contributed by atoms with Gasteiger partial charge in [-0.1, -0.05) is 36.8 Å². The standard InChI is InChI=1S/C23H29N5O2/c1-5-11-28-17(4)21(16(3)26-28)19-13-20(25-24-19)22(29)27-12-10-23(30,14-27)18-8-6-15(2)7-9-18/h6-9,13,30H,5,10-12,14H2,1-4H3,(H,24,25)/t23-/m1/s1. The summed E-state index contributed by atoms with van der Waals surface area (Å²) in [7, 11) is 0. The van der Waals surface area contributed by atoms with E-state index in [0.717, 1.165) is 46.7 Å². The van der Waals surface area contributed by atoms with E-state index < -0.39 is 5.60 Å². The number of likely N-dealkylation sites (tertiary alicyclic amines) is 1. The highest BCUT2D eigenvalue weighted by molar-refractivity contribution is 5.93. The van der Waals surface area contributed by atoms with Crippen LogP contribution >= 0.6 is 0 Å². The number of aromatic amines is 1. The first-order valence-corrected chi connectivity index (χ1v) is 10.5. The molecule has 3 aromatic rings. The molecule has 0 aliphatic carbocycles. The summed E-state index contributed by atoms with van der Waals surface area (Å²) < 4.78 is 1.99. The molecule has 0 bridgehead atoms. The number of H-pyrrole nitrogens is 1. The summed E-state index contributed by atoms with van der Waals surface area (Å²) in [6.45, 7) is 9.77. The zero-order chi connectivity index (χ0) is 21.5. The van der Waals surface area contributed by atoms with E-state index in [1.54, 1.807) is 11.0 Å². The molecule has 3 heterocycles. The van der Waals surface area contributed by atoms with Crippen LogP contribution in [-0.2, 0) is 12.1 Å². The molecule has 30 heavy (non-hydrogen) atoms. The van der Waals surface area contributed by atoms with E-state index in [9.17, 15) is 9.90 Å². The van der Waals surface area contributed by atoms with Gasteiger partial charge in [-0.15, -0.1) is 0 Å². The number of aliphatic hydroxyl groups is 1. The third-order valence-corrected chi connectivity index (χ3v) is 6.01. The molecular formula is C23H29N5O2. The predicted octanol–water partition coefficient (Wildman–Crippen LogP) is 3.34. The van der Waals surface area contributed by atoms with E-state index in [-0.39, 0.29) is 12.5 Å². The van der Waals surface area contributed by atoms with Crippen molar-refractivity contribution in [3.63, 3.8) is 0 Å². The Hall–Kier alpha value is -2.93. The third kappa shape index (κ3) is 3.54. The summed E-state index contributed by atoms with van der Waals surface area (Å²) in [5, 5.41) is 23.0. The van der Waals surface area contributed by atoms with Crippen LogP contribution in [-0.4, -0.2) is 49.0 Å². The minimum absolute atomic E-state index is 0.145. The number of hydrogen-bond acceptors (Lipinski definition) is 4. The molecule has 158 valence electrons. The van der Waals surface area contributed by atoms with Crippen LogP contribution in [0.1, 0.15) is 52.8 Å². The zero-order valence-electron chi connectivity index (χ0n) is 18.1. The molecule has 1 atom stereocenters. The quantitative estimate of drug-likeness (QED) is 0.679. The monoisotopic (exact) mass is 407 g/mol. The van der Waals surface area contributed by atoms with Gasteiger partial charge in [0.05, 0.1) is 17.9 Å². The molecule has 0 unspecified atom stereocenters. The number of benzene rings is 1. The number of nitrogens with zero attached hydrogens (tertiary/aromatic N) is 4. The summed E-state index contributed by atoms with van der Waals surface area (Å²) in [6.07, 6.45) is 1.52. The van der Waals surface area contributed by atoms with Crippen molar-refractivity contribution in [1.82, 2.24) is 24.9 Å². The number of rotatable bonds is 5.